The van der Waals surface area contributed by atoms with Crippen LogP contribution in [0.2, 0.25) is 0 Å². The molecule has 0 atom stereocenters. The largest absolute Gasteiger partial charge is 0.355 e. The van der Waals surface area contributed by atoms with Gasteiger partial charge in [-0.15, -0.1) is 22.7 Å². The van der Waals surface area contributed by atoms with Crippen LogP contribution in [-0.2, 0) is 0 Å². The van der Waals surface area contributed by atoms with Crippen molar-refractivity contribution in [2.45, 2.75) is 6.92 Å². The maximum absolute atomic E-state index is 3.66. The van der Waals surface area contributed by atoms with Crippen LogP contribution in [0.3, 0.4) is 0 Å². The van der Waals surface area contributed by atoms with Crippen LogP contribution in [0.25, 0.3) is 72.9 Å². The molecule has 0 saturated heterocycles. The second kappa shape index (κ2) is 7.82. The van der Waals surface area contributed by atoms with Crippen molar-refractivity contribution in [2.24, 2.45) is 0 Å². The lowest BCUT2D eigenvalue weighted by Gasteiger charge is -2.07. The van der Waals surface area contributed by atoms with Gasteiger partial charge in [0.2, 0.25) is 0 Å². The lowest BCUT2D eigenvalue weighted by atomic mass is 9.99. The van der Waals surface area contributed by atoms with Crippen LogP contribution in [-0.4, -0.2) is 4.98 Å². The number of hydrogen-bond acceptors (Lipinski definition) is 3. The molecule has 0 aliphatic heterocycles. The fourth-order valence-electron chi connectivity index (χ4n) is 6.23. The number of para-hydroxylation sites is 1. The molecule has 39 heavy (non-hydrogen) atoms. The van der Waals surface area contributed by atoms with Crippen LogP contribution in [0.1, 0.15) is 5.56 Å². The highest BCUT2D eigenvalue weighted by Gasteiger charge is 2.14. The fraction of sp³-hybridized carbons (Fsp3) is 0.0286. The van der Waals surface area contributed by atoms with Crippen molar-refractivity contribution in [1.29, 1.82) is 0 Å². The molecule has 0 spiro atoms. The molecule has 0 fully saturated rings. The molecule has 9 aromatic rings. The minimum Gasteiger partial charge on any atom is -0.355 e. The highest BCUT2D eigenvalue weighted by atomic mass is 32.1. The second-order valence-electron chi connectivity index (χ2n) is 10.4. The van der Waals surface area contributed by atoms with Crippen LogP contribution in [0.5, 0.6) is 0 Å². The van der Waals surface area contributed by atoms with E-state index in [-0.39, 0.29) is 0 Å². The summed E-state index contributed by atoms with van der Waals surface area (Å²) in [6, 6.07) is 38.0. The predicted molar refractivity (Wildman–Crippen MR) is 174 cm³/mol. The smallest absolute Gasteiger partial charge is 0.0466 e. The number of H-pyrrole nitrogens is 1. The van der Waals surface area contributed by atoms with Crippen LogP contribution >= 0.6 is 22.7 Å². The summed E-state index contributed by atoms with van der Waals surface area (Å²) in [5.74, 6) is 0. The normalized spacial score (nSPS) is 12.2. The van der Waals surface area contributed by atoms with Crippen molar-refractivity contribution in [3.05, 3.63) is 109 Å². The Labute approximate surface area is 232 Å². The van der Waals surface area contributed by atoms with Crippen molar-refractivity contribution in [3.8, 4) is 0 Å². The fourth-order valence-corrected chi connectivity index (χ4v) is 8.61. The molecule has 6 aromatic carbocycles. The molecule has 0 unspecified atom stereocenters. The third-order valence-corrected chi connectivity index (χ3v) is 10.3. The first-order valence-corrected chi connectivity index (χ1v) is 14.8. The van der Waals surface area contributed by atoms with Gasteiger partial charge < -0.3 is 10.3 Å². The number of hydrogen-bond donors (Lipinski definition) is 2. The van der Waals surface area contributed by atoms with Gasteiger partial charge in [0, 0.05) is 73.5 Å². The average Bonchev–Trinajstić information content (AvgIpc) is 3.63. The Hall–Kier alpha value is -4.38. The van der Waals surface area contributed by atoms with E-state index < -0.39 is 0 Å². The van der Waals surface area contributed by atoms with Gasteiger partial charge in [-0.25, -0.2) is 0 Å². The summed E-state index contributed by atoms with van der Waals surface area (Å²) >= 11 is 3.78. The van der Waals surface area contributed by atoms with E-state index in [0.717, 1.165) is 16.9 Å². The molecule has 0 aliphatic carbocycles. The van der Waals surface area contributed by atoms with Gasteiger partial charge >= 0.3 is 0 Å². The van der Waals surface area contributed by atoms with E-state index in [2.05, 4.69) is 120 Å². The predicted octanol–water partition coefficient (Wildman–Crippen LogP) is 11.3. The van der Waals surface area contributed by atoms with E-state index in [1.54, 1.807) is 0 Å². The summed E-state index contributed by atoms with van der Waals surface area (Å²) in [5, 5.41) is 14.3. The molecule has 2 nitrogen and oxygen atoms in total. The van der Waals surface area contributed by atoms with E-state index in [0.29, 0.717) is 0 Å². The first-order valence-electron chi connectivity index (χ1n) is 13.2. The summed E-state index contributed by atoms with van der Waals surface area (Å²) in [6.07, 6.45) is 0. The molecule has 0 aliphatic rings. The van der Waals surface area contributed by atoms with Gasteiger partial charge in [0.15, 0.2) is 0 Å². The molecule has 3 heterocycles. The van der Waals surface area contributed by atoms with Gasteiger partial charge in [-0.3, -0.25) is 0 Å². The van der Waals surface area contributed by atoms with E-state index in [4.69, 9.17) is 0 Å². The second-order valence-corrected chi connectivity index (χ2v) is 12.6. The number of anilines is 2. The number of aromatic amines is 1. The molecule has 0 amide bonds. The maximum atomic E-state index is 3.66. The Morgan fingerprint density at radius 2 is 1.10 bits per heavy atom. The van der Waals surface area contributed by atoms with Crippen molar-refractivity contribution in [3.63, 3.8) is 0 Å². The monoisotopic (exact) mass is 534 g/mol. The molecule has 0 radical (unpaired) electrons. The number of benzene rings is 6. The molecule has 2 N–H and O–H groups in total. The van der Waals surface area contributed by atoms with Gasteiger partial charge in [0.1, 0.15) is 0 Å². The minimum absolute atomic E-state index is 1.10. The number of aryl methyl sites for hydroxylation is 1. The van der Waals surface area contributed by atoms with Gasteiger partial charge in [0.25, 0.3) is 0 Å². The standard InChI is InChI=1S/C35H22N2S2/c1-19-6-9-25-32(16-19)38-30-14-11-24-23(34(25)30)12-15-31-35(24)26-10-7-21(18-33(26)39-31)36-20-8-13-29-27(17-20)22-4-2-3-5-28(22)37-29/h2-18,36-37H,1H3. The summed E-state index contributed by atoms with van der Waals surface area (Å²) < 4.78 is 5.38. The Morgan fingerprint density at radius 1 is 0.487 bits per heavy atom. The molecule has 184 valence electrons. The number of fused-ring (bicyclic) bond motifs is 12. The van der Waals surface area contributed by atoms with Crippen LogP contribution < -0.4 is 5.32 Å². The summed E-state index contributed by atoms with van der Waals surface area (Å²) in [4.78, 5) is 3.52. The third-order valence-electron chi connectivity index (χ3n) is 8.02. The number of rotatable bonds is 2. The zero-order chi connectivity index (χ0) is 25.7. The maximum Gasteiger partial charge on any atom is 0.0466 e. The third kappa shape index (κ3) is 3.13. The van der Waals surface area contributed by atoms with Crippen LogP contribution in [0.15, 0.2) is 103 Å². The van der Waals surface area contributed by atoms with Gasteiger partial charge in [-0.05, 0) is 77.9 Å². The first kappa shape index (κ1) is 21.5. The lowest BCUT2D eigenvalue weighted by Crippen LogP contribution is -1.89. The highest BCUT2D eigenvalue weighted by Crippen LogP contribution is 2.44. The molecule has 0 bridgehead atoms. The van der Waals surface area contributed by atoms with Gasteiger partial charge in [-0.2, -0.15) is 0 Å². The van der Waals surface area contributed by atoms with Crippen molar-refractivity contribution < 1.29 is 0 Å². The average molecular weight is 535 g/mol. The Kier molecular flexibility index (Phi) is 4.32. The first-order chi connectivity index (χ1) is 19.2. The topological polar surface area (TPSA) is 27.8 Å². The van der Waals surface area contributed by atoms with Crippen molar-refractivity contribution in [1.82, 2.24) is 4.98 Å². The van der Waals surface area contributed by atoms with E-state index in [1.165, 1.54) is 73.0 Å². The van der Waals surface area contributed by atoms with Gasteiger partial charge in [0.05, 0.1) is 0 Å². The van der Waals surface area contributed by atoms with Crippen LogP contribution in [0, 0.1) is 6.92 Å². The van der Waals surface area contributed by atoms with Crippen LogP contribution in [0.4, 0.5) is 11.4 Å². The van der Waals surface area contributed by atoms with Gasteiger partial charge in [-0.1, -0.05) is 48.5 Å². The summed E-state index contributed by atoms with van der Waals surface area (Å²) in [7, 11) is 0. The Balaban J connectivity index is 1.19. The van der Waals surface area contributed by atoms with E-state index in [9.17, 15) is 0 Å². The molecule has 9 rings (SSSR count). The summed E-state index contributed by atoms with van der Waals surface area (Å²) in [6.45, 7) is 2.17. The quantitative estimate of drug-likeness (QED) is 0.227. The van der Waals surface area contributed by atoms with E-state index in [1.807, 2.05) is 22.7 Å². The minimum atomic E-state index is 1.10. The van der Waals surface area contributed by atoms with Crippen molar-refractivity contribution in [2.75, 3.05) is 5.32 Å². The zero-order valence-corrected chi connectivity index (χ0v) is 22.8. The molecule has 3 aromatic heterocycles. The highest BCUT2D eigenvalue weighted by molar-refractivity contribution is 7.26. The Morgan fingerprint density at radius 3 is 1.90 bits per heavy atom. The lowest BCUT2D eigenvalue weighted by molar-refractivity contribution is 1.52. The molecular formula is C35H22N2S2. The molecule has 0 saturated carbocycles. The van der Waals surface area contributed by atoms with E-state index >= 15 is 0 Å². The molecule has 4 heteroatoms. The number of nitrogens with one attached hydrogen (secondary N) is 2. The Bertz CT molecular complexity index is 2440. The number of aromatic nitrogens is 1. The summed E-state index contributed by atoms with van der Waals surface area (Å²) in [5.41, 5.74) is 5.86. The number of thiophene rings is 2. The van der Waals surface area contributed by atoms with Crippen molar-refractivity contribution >= 4 is 107 Å². The SMILES string of the molecule is Cc1ccc2c(c1)sc1ccc3c(ccc4sc5cc(Nc6ccc7[nH]c8ccccc8c7c6)ccc5c43)c12. The zero-order valence-electron chi connectivity index (χ0n) is 21.1. The molecular weight excluding hydrogens is 513 g/mol.